The van der Waals surface area contributed by atoms with Crippen LogP contribution in [-0.4, -0.2) is 17.8 Å². The molecule has 0 saturated carbocycles. The zero-order valence-electron chi connectivity index (χ0n) is 3.22. The van der Waals surface area contributed by atoms with E-state index < -0.39 is 0 Å². The first-order valence-electron chi connectivity index (χ1n) is 1.28. The van der Waals surface area contributed by atoms with Gasteiger partial charge in [0.25, 0.3) is 0 Å². The quantitative estimate of drug-likeness (QED) is 0.382. The van der Waals surface area contributed by atoms with Crippen molar-refractivity contribution in [3.05, 3.63) is 0 Å². The lowest BCUT2D eigenvalue weighted by Gasteiger charge is -1.95. The molecule has 0 spiro atoms. The molecular weight excluding hydrogens is 105 g/mol. The summed E-state index contributed by atoms with van der Waals surface area (Å²) in [4.78, 5) is 9.40. The minimum Gasteiger partial charge on any atom is -0.278 e. The summed E-state index contributed by atoms with van der Waals surface area (Å²) in [7, 11) is 1.33. The fourth-order valence-corrected chi connectivity index (χ4v) is 0.0488. The van der Waals surface area contributed by atoms with Crippen LogP contribution in [0.15, 0.2) is 0 Å². The topological polar surface area (TPSA) is 20.3 Å². The van der Waals surface area contributed by atoms with Crippen molar-refractivity contribution in [2.24, 2.45) is 0 Å². The third kappa shape index (κ3) is 2.02. The van der Waals surface area contributed by atoms with Crippen molar-refractivity contribution < 1.29 is 8.68 Å². The van der Waals surface area contributed by atoms with Crippen molar-refractivity contribution in [3.63, 3.8) is 0 Å². The fraction of sp³-hybridized carbons (Fsp3) is 0.500. The number of hydrogen-bond donors (Lipinski definition) is 0. The molecule has 0 aliphatic heterocycles. The number of carbonyl (C=O) groups excluding carboxylic acids is 1. The molecule has 0 aromatic carbocycles. The average molecular weight is 109 g/mol. The normalized spacial score (nSPS) is 7.67. The highest BCUT2D eigenvalue weighted by molar-refractivity contribution is 7.92. The van der Waals surface area contributed by atoms with Gasteiger partial charge in [-0.1, -0.05) is 0 Å². The Balaban J connectivity index is 2.96. The van der Waals surface area contributed by atoms with Crippen molar-refractivity contribution in [2.45, 2.75) is 0 Å². The Morgan fingerprint density at radius 1 is 2.00 bits per heavy atom. The number of amides is 1. The maximum absolute atomic E-state index is 11.0. The second-order valence-electron chi connectivity index (χ2n) is 0.721. The van der Waals surface area contributed by atoms with Crippen LogP contribution in [0, 0.1) is 0 Å². The van der Waals surface area contributed by atoms with E-state index in [4.69, 9.17) is 0 Å². The number of carbonyl (C=O) groups is 1. The van der Waals surface area contributed by atoms with Gasteiger partial charge >= 0.3 is 0 Å². The highest BCUT2D eigenvalue weighted by Crippen LogP contribution is 2.01. The molecule has 0 aromatic rings. The van der Waals surface area contributed by atoms with E-state index in [2.05, 4.69) is 0 Å². The van der Waals surface area contributed by atoms with Crippen LogP contribution in [-0.2, 0) is 4.79 Å². The molecule has 1 amide bonds. The van der Waals surface area contributed by atoms with Crippen molar-refractivity contribution in [1.82, 2.24) is 4.31 Å². The fourth-order valence-electron chi connectivity index (χ4n) is 0.0163. The van der Waals surface area contributed by atoms with E-state index in [0.717, 1.165) is 4.31 Å². The highest BCUT2D eigenvalue weighted by Gasteiger charge is 1.85. The summed E-state index contributed by atoms with van der Waals surface area (Å²) < 4.78 is 11.8. The zero-order valence-corrected chi connectivity index (χ0v) is 4.04. The first kappa shape index (κ1) is 5.75. The number of halogens is 1. The zero-order chi connectivity index (χ0) is 4.99. The van der Waals surface area contributed by atoms with Gasteiger partial charge in [-0.3, -0.25) is 9.10 Å². The van der Waals surface area contributed by atoms with Crippen molar-refractivity contribution in [2.75, 3.05) is 7.05 Å². The summed E-state index contributed by atoms with van der Waals surface area (Å²) in [5, 5.41) is 0. The van der Waals surface area contributed by atoms with Crippen LogP contribution in [0.1, 0.15) is 0 Å². The molecule has 0 atom stereocenters. The summed E-state index contributed by atoms with van der Waals surface area (Å²) >= 11 is -0.110. The Hall–Kier alpha value is -0.250. The summed E-state index contributed by atoms with van der Waals surface area (Å²) in [5.41, 5.74) is 0. The second kappa shape index (κ2) is 2.96. The third-order valence-electron chi connectivity index (χ3n) is 0.257. The molecule has 0 bridgehead atoms. The van der Waals surface area contributed by atoms with Crippen LogP contribution in [0.3, 0.4) is 0 Å². The molecular formula is C2H4FNOS. The van der Waals surface area contributed by atoms with Gasteiger partial charge in [-0.2, -0.15) is 0 Å². The van der Waals surface area contributed by atoms with Crippen LogP contribution in [0.5, 0.6) is 0 Å². The molecule has 0 N–H and O–H groups in total. The SMILES string of the molecule is CN(C=O)SF. The Morgan fingerprint density at radius 3 is 2.50 bits per heavy atom. The minimum atomic E-state index is -0.110. The first-order chi connectivity index (χ1) is 2.81. The van der Waals surface area contributed by atoms with Gasteiger partial charge in [-0.05, 0) is 0 Å². The maximum atomic E-state index is 11.0. The Kier molecular flexibility index (Phi) is 2.84. The average Bonchev–Trinajstić information content (AvgIpc) is 1.65. The molecule has 0 unspecified atom stereocenters. The van der Waals surface area contributed by atoms with Gasteiger partial charge in [-0.15, -0.1) is 3.89 Å². The van der Waals surface area contributed by atoms with Crippen LogP contribution >= 0.6 is 12.3 Å². The van der Waals surface area contributed by atoms with Gasteiger partial charge in [0.05, 0.1) is 0 Å². The highest BCUT2D eigenvalue weighted by atomic mass is 32.2. The summed E-state index contributed by atoms with van der Waals surface area (Å²) in [6, 6.07) is 0. The van der Waals surface area contributed by atoms with E-state index in [0.29, 0.717) is 6.41 Å². The molecule has 6 heavy (non-hydrogen) atoms. The predicted molar refractivity (Wildman–Crippen MR) is 22.5 cm³/mol. The number of hydrogen-bond acceptors (Lipinski definition) is 2. The van der Waals surface area contributed by atoms with E-state index >= 15 is 0 Å². The molecule has 0 aliphatic rings. The summed E-state index contributed by atoms with van der Waals surface area (Å²) in [6.45, 7) is 0. The van der Waals surface area contributed by atoms with Crippen LogP contribution in [0.25, 0.3) is 0 Å². The smallest absolute Gasteiger partial charge is 0.221 e. The van der Waals surface area contributed by atoms with E-state index in [-0.39, 0.29) is 12.3 Å². The van der Waals surface area contributed by atoms with Crippen LogP contribution < -0.4 is 0 Å². The molecule has 0 saturated heterocycles. The summed E-state index contributed by atoms with van der Waals surface area (Å²) in [5.74, 6) is 0. The first-order valence-corrected chi connectivity index (χ1v) is 1.95. The van der Waals surface area contributed by atoms with Crippen LogP contribution in [0.4, 0.5) is 3.89 Å². The molecule has 4 heteroatoms. The molecule has 0 rings (SSSR count). The van der Waals surface area contributed by atoms with E-state index in [1.165, 1.54) is 7.05 Å². The Morgan fingerprint density at radius 2 is 2.50 bits per heavy atom. The Labute approximate surface area is 39.7 Å². The van der Waals surface area contributed by atoms with Crippen molar-refractivity contribution >= 4 is 18.7 Å². The molecule has 0 aromatic heterocycles. The largest absolute Gasteiger partial charge is 0.278 e. The molecule has 0 aliphatic carbocycles. The molecule has 0 radical (unpaired) electrons. The van der Waals surface area contributed by atoms with E-state index in [1.54, 1.807) is 0 Å². The monoisotopic (exact) mass is 109 g/mol. The third-order valence-corrected chi connectivity index (χ3v) is 0.561. The van der Waals surface area contributed by atoms with Crippen LogP contribution in [0.2, 0.25) is 0 Å². The Bertz CT molecular complexity index is 50.8. The van der Waals surface area contributed by atoms with Gasteiger partial charge in [0.15, 0.2) is 12.3 Å². The lowest BCUT2D eigenvalue weighted by atomic mass is 11.2. The van der Waals surface area contributed by atoms with E-state index in [1.807, 2.05) is 0 Å². The van der Waals surface area contributed by atoms with Crippen molar-refractivity contribution in [3.8, 4) is 0 Å². The standard InChI is InChI=1S/C2H4FNOS/c1-4(2-5)6-3/h2H,1H3. The molecule has 0 fully saturated rings. The second-order valence-corrected chi connectivity index (χ2v) is 1.43. The lowest BCUT2D eigenvalue weighted by molar-refractivity contribution is -0.113. The summed E-state index contributed by atoms with van der Waals surface area (Å²) in [6.07, 6.45) is 0.394. The number of rotatable bonds is 2. The number of nitrogens with zero attached hydrogens (tertiary/aromatic N) is 1. The molecule has 2 nitrogen and oxygen atoms in total. The molecule has 0 heterocycles. The van der Waals surface area contributed by atoms with E-state index in [9.17, 15) is 8.68 Å². The van der Waals surface area contributed by atoms with Crippen molar-refractivity contribution in [1.29, 1.82) is 0 Å². The van der Waals surface area contributed by atoms with Gasteiger partial charge in [0, 0.05) is 7.05 Å². The minimum absolute atomic E-state index is 0.110. The van der Waals surface area contributed by atoms with Gasteiger partial charge in [0.2, 0.25) is 6.41 Å². The van der Waals surface area contributed by atoms with Gasteiger partial charge < -0.3 is 0 Å². The van der Waals surface area contributed by atoms with Gasteiger partial charge in [-0.25, -0.2) is 0 Å². The molecule has 36 valence electrons. The predicted octanol–water partition coefficient (Wildman–Crippen LogP) is 0.607. The van der Waals surface area contributed by atoms with Gasteiger partial charge in [0.1, 0.15) is 0 Å². The lowest BCUT2D eigenvalue weighted by Crippen LogP contribution is -2.00. The maximum Gasteiger partial charge on any atom is 0.221 e.